The van der Waals surface area contributed by atoms with Gasteiger partial charge in [-0.25, -0.2) is 0 Å². The highest BCUT2D eigenvalue weighted by atomic mass is 16.3. The maximum absolute atomic E-state index is 5.13. The molecule has 0 fully saturated rings. The number of furan rings is 1. The Morgan fingerprint density at radius 1 is 1.67 bits per heavy atom. The molecule has 2 heteroatoms. The van der Waals surface area contributed by atoms with Gasteiger partial charge in [-0.15, -0.1) is 0 Å². The van der Waals surface area contributed by atoms with Crippen molar-refractivity contribution in [1.29, 1.82) is 0 Å². The minimum absolute atomic E-state index is 0.376. The predicted octanol–water partition coefficient (Wildman–Crippen LogP) is 0.590. The Balaban J connectivity index is 2.67. The molecular weight excluding hydrogens is 114 g/mol. The fourth-order valence-electron chi connectivity index (χ4n) is 0.488. The highest BCUT2D eigenvalue weighted by Gasteiger charge is 1.82. The molecule has 1 heterocycles. The van der Waals surface area contributed by atoms with Gasteiger partial charge in [-0.2, -0.15) is 0 Å². The van der Waals surface area contributed by atoms with E-state index in [1.54, 1.807) is 18.4 Å². The Hall–Kier alpha value is -1.20. The summed E-state index contributed by atoms with van der Waals surface area (Å²) in [6.07, 6.45) is 1.58. The molecule has 1 aromatic heterocycles. The van der Waals surface area contributed by atoms with E-state index in [9.17, 15) is 0 Å². The first-order valence-corrected chi connectivity index (χ1v) is 2.66. The molecule has 0 saturated heterocycles. The average molecular weight is 121 g/mol. The molecule has 0 saturated carbocycles. The molecular formula is C7H7NO. The van der Waals surface area contributed by atoms with Crippen molar-refractivity contribution in [3.05, 3.63) is 24.2 Å². The van der Waals surface area contributed by atoms with Gasteiger partial charge in [0.15, 0.2) is 5.76 Å². The van der Waals surface area contributed by atoms with Gasteiger partial charge >= 0.3 is 0 Å². The highest BCUT2D eigenvalue weighted by molar-refractivity contribution is 5.24. The molecule has 0 aromatic carbocycles. The molecule has 2 N–H and O–H groups in total. The van der Waals surface area contributed by atoms with Crippen LogP contribution in [0.3, 0.4) is 0 Å². The van der Waals surface area contributed by atoms with Gasteiger partial charge in [-0.1, -0.05) is 5.92 Å². The van der Waals surface area contributed by atoms with Crippen LogP contribution in [0.5, 0.6) is 0 Å². The van der Waals surface area contributed by atoms with Crippen LogP contribution >= 0.6 is 0 Å². The maximum Gasteiger partial charge on any atom is 0.176 e. The molecule has 0 amide bonds. The Morgan fingerprint density at radius 2 is 2.56 bits per heavy atom. The zero-order valence-corrected chi connectivity index (χ0v) is 4.92. The Morgan fingerprint density at radius 3 is 3.11 bits per heavy atom. The van der Waals surface area contributed by atoms with E-state index in [2.05, 4.69) is 11.8 Å². The third-order valence-corrected chi connectivity index (χ3v) is 0.835. The molecule has 1 aromatic rings. The van der Waals surface area contributed by atoms with Crippen LogP contribution in [-0.4, -0.2) is 6.54 Å². The first kappa shape index (κ1) is 5.93. The summed E-state index contributed by atoms with van der Waals surface area (Å²) in [5.41, 5.74) is 5.13. The minimum Gasteiger partial charge on any atom is -0.456 e. The molecule has 0 aliphatic carbocycles. The summed E-state index contributed by atoms with van der Waals surface area (Å²) in [6.45, 7) is 0.376. The lowest BCUT2D eigenvalue weighted by Gasteiger charge is -1.74. The first-order chi connectivity index (χ1) is 4.43. The van der Waals surface area contributed by atoms with Crippen molar-refractivity contribution in [1.82, 2.24) is 0 Å². The predicted molar refractivity (Wildman–Crippen MR) is 34.6 cm³/mol. The third kappa shape index (κ3) is 1.63. The van der Waals surface area contributed by atoms with Gasteiger partial charge in [0.05, 0.1) is 12.8 Å². The quantitative estimate of drug-likeness (QED) is 0.510. The normalized spacial score (nSPS) is 8.11. The summed E-state index contributed by atoms with van der Waals surface area (Å²) in [5, 5.41) is 0. The van der Waals surface area contributed by atoms with E-state index in [4.69, 9.17) is 10.2 Å². The van der Waals surface area contributed by atoms with Crippen LogP contribution in [0.2, 0.25) is 0 Å². The molecule has 1 rings (SSSR count). The minimum atomic E-state index is 0.376. The fourth-order valence-corrected chi connectivity index (χ4v) is 0.488. The summed E-state index contributed by atoms with van der Waals surface area (Å²) in [4.78, 5) is 0. The third-order valence-electron chi connectivity index (χ3n) is 0.835. The van der Waals surface area contributed by atoms with Crippen LogP contribution in [0, 0.1) is 11.8 Å². The van der Waals surface area contributed by atoms with Gasteiger partial charge in [-0.05, 0) is 18.1 Å². The molecule has 0 aliphatic rings. The van der Waals surface area contributed by atoms with Gasteiger partial charge in [0.25, 0.3) is 0 Å². The molecule has 9 heavy (non-hydrogen) atoms. The number of rotatable bonds is 0. The monoisotopic (exact) mass is 121 g/mol. The lowest BCUT2D eigenvalue weighted by atomic mass is 10.4. The van der Waals surface area contributed by atoms with Crippen LogP contribution in [-0.2, 0) is 0 Å². The molecule has 0 atom stereocenters. The van der Waals surface area contributed by atoms with E-state index in [0.717, 1.165) is 0 Å². The molecule has 0 aliphatic heterocycles. The van der Waals surface area contributed by atoms with Crippen molar-refractivity contribution < 1.29 is 4.42 Å². The van der Waals surface area contributed by atoms with Gasteiger partial charge in [0.1, 0.15) is 0 Å². The van der Waals surface area contributed by atoms with E-state index in [0.29, 0.717) is 12.3 Å². The standard InChI is InChI=1S/C7H7NO/c8-5-1-3-7-4-2-6-9-7/h2,4,6H,5,8H2. The number of hydrogen-bond acceptors (Lipinski definition) is 2. The van der Waals surface area contributed by atoms with Gasteiger partial charge in [-0.3, -0.25) is 0 Å². The van der Waals surface area contributed by atoms with Gasteiger partial charge in [0, 0.05) is 0 Å². The van der Waals surface area contributed by atoms with Gasteiger partial charge in [0.2, 0.25) is 0 Å². The largest absolute Gasteiger partial charge is 0.456 e. The van der Waals surface area contributed by atoms with E-state index in [-0.39, 0.29) is 0 Å². The molecule has 0 spiro atoms. The van der Waals surface area contributed by atoms with Crippen molar-refractivity contribution >= 4 is 0 Å². The average Bonchev–Trinajstić information content (AvgIpc) is 2.34. The molecule has 0 radical (unpaired) electrons. The summed E-state index contributed by atoms with van der Waals surface area (Å²) in [5.74, 6) is 6.08. The van der Waals surface area contributed by atoms with E-state index in [1.807, 2.05) is 0 Å². The van der Waals surface area contributed by atoms with E-state index in [1.165, 1.54) is 0 Å². The van der Waals surface area contributed by atoms with Crippen molar-refractivity contribution in [2.75, 3.05) is 6.54 Å². The Labute approximate surface area is 53.7 Å². The van der Waals surface area contributed by atoms with Crippen molar-refractivity contribution in [3.8, 4) is 11.8 Å². The van der Waals surface area contributed by atoms with Crippen LogP contribution in [0.4, 0.5) is 0 Å². The Kier molecular flexibility index (Phi) is 1.95. The van der Waals surface area contributed by atoms with Crippen LogP contribution in [0.15, 0.2) is 22.8 Å². The van der Waals surface area contributed by atoms with Crippen molar-refractivity contribution in [2.24, 2.45) is 5.73 Å². The summed E-state index contributed by atoms with van der Waals surface area (Å²) in [7, 11) is 0. The summed E-state index contributed by atoms with van der Waals surface area (Å²) < 4.78 is 4.91. The second-order valence-electron chi connectivity index (χ2n) is 1.48. The smallest absolute Gasteiger partial charge is 0.176 e. The SMILES string of the molecule is NCC#Cc1ccco1. The van der Waals surface area contributed by atoms with Crippen LogP contribution in [0.25, 0.3) is 0 Å². The van der Waals surface area contributed by atoms with E-state index >= 15 is 0 Å². The highest BCUT2D eigenvalue weighted by Crippen LogP contribution is 1.95. The molecule has 2 nitrogen and oxygen atoms in total. The van der Waals surface area contributed by atoms with Gasteiger partial charge < -0.3 is 10.2 Å². The lowest BCUT2D eigenvalue weighted by Crippen LogP contribution is -1.92. The van der Waals surface area contributed by atoms with Crippen molar-refractivity contribution in [3.63, 3.8) is 0 Å². The maximum atomic E-state index is 5.13. The number of nitrogens with two attached hydrogens (primary N) is 1. The van der Waals surface area contributed by atoms with Crippen molar-refractivity contribution in [2.45, 2.75) is 0 Å². The topological polar surface area (TPSA) is 39.2 Å². The summed E-state index contributed by atoms with van der Waals surface area (Å²) >= 11 is 0. The van der Waals surface area contributed by atoms with E-state index < -0.39 is 0 Å². The molecule has 0 bridgehead atoms. The van der Waals surface area contributed by atoms with Crippen LogP contribution in [0.1, 0.15) is 5.76 Å². The summed E-state index contributed by atoms with van der Waals surface area (Å²) in [6, 6.07) is 3.59. The van der Waals surface area contributed by atoms with Crippen LogP contribution < -0.4 is 5.73 Å². The zero-order chi connectivity index (χ0) is 6.53. The number of hydrogen-bond donors (Lipinski definition) is 1. The second-order valence-corrected chi connectivity index (χ2v) is 1.48. The molecule has 46 valence electrons. The molecule has 0 unspecified atom stereocenters. The lowest BCUT2D eigenvalue weighted by molar-refractivity contribution is 0.554. The second kappa shape index (κ2) is 2.95. The fraction of sp³-hybridized carbons (Fsp3) is 0.143. The first-order valence-electron chi connectivity index (χ1n) is 2.66. The Bertz CT molecular complexity index is 215. The zero-order valence-electron chi connectivity index (χ0n) is 4.92.